The second-order valence-electron chi connectivity index (χ2n) is 3.59. The highest BCUT2D eigenvalue weighted by molar-refractivity contribution is 6.28. The standard InChI is InChI=1S/C13H8ClN3/c14-13-16-11-4-2-1-3-10(11)12(17-13)9-5-7-15-8-6-9/h1-8H. The second kappa shape index (κ2) is 4.11. The number of fused-ring (bicyclic) bond motifs is 1. The molecule has 0 N–H and O–H groups in total. The van der Waals surface area contributed by atoms with Gasteiger partial charge in [0.1, 0.15) is 0 Å². The lowest BCUT2D eigenvalue weighted by Gasteiger charge is -2.05. The Labute approximate surface area is 103 Å². The van der Waals surface area contributed by atoms with Gasteiger partial charge >= 0.3 is 0 Å². The zero-order chi connectivity index (χ0) is 11.7. The minimum Gasteiger partial charge on any atom is -0.265 e. The number of hydrogen-bond donors (Lipinski definition) is 0. The average molecular weight is 242 g/mol. The molecule has 1 aromatic carbocycles. The first-order valence-corrected chi connectivity index (χ1v) is 5.55. The van der Waals surface area contributed by atoms with E-state index in [2.05, 4.69) is 15.0 Å². The van der Waals surface area contributed by atoms with Crippen molar-refractivity contribution >= 4 is 22.5 Å². The van der Waals surface area contributed by atoms with Crippen LogP contribution in [-0.4, -0.2) is 15.0 Å². The lowest BCUT2D eigenvalue weighted by molar-refractivity contribution is 1.22. The second-order valence-corrected chi connectivity index (χ2v) is 3.93. The van der Waals surface area contributed by atoms with Gasteiger partial charge in [0.25, 0.3) is 0 Å². The lowest BCUT2D eigenvalue weighted by atomic mass is 10.1. The monoisotopic (exact) mass is 241 g/mol. The summed E-state index contributed by atoms with van der Waals surface area (Å²) in [6.45, 7) is 0. The van der Waals surface area contributed by atoms with Crippen molar-refractivity contribution in [2.45, 2.75) is 0 Å². The van der Waals surface area contributed by atoms with Crippen LogP contribution >= 0.6 is 11.6 Å². The Hall–Kier alpha value is -2.00. The van der Waals surface area contributed by atoms with Crippen LogP contribution in [-0.2, 0) is 0 Å². The molecule has 3 nitrogen and oxygen atoms in total. The van der Waals surface area contributed by atoms with Crippen LogP contribution in [0.25, 0.3) is 22.2 Å². The molecule has 0 bridgehead atoms. The molecule has 17 heavy (non-hydrogen) atoms. The lowest BCUT2D eigenvalue weighted by Crippen LogP contribution is -1.91. The fourth-order valence-electron chi connectivity index (χ4n) is 1.78. The molecular weight excluding hydrogens is 234 g/mol. The molecule has 0 unspecified atom stereocenters. The van der Waals surface area contributed by atoms with E-state index in [9.17, 15) is 0 Å². The number of pyridine rings is 1. The fourth-order valence-corrected chi connectivity index (χ4v) is 1.95. The van der Waals surface area contributed by atoms with Crippen molar-refractivity contribution in [3.63, 3.8) is 0 Å². The number of rotatable bonds is 1. The van der Waals surface area contributed by atoms with E-state index in [1.807, 2.05) is 36.4 Å². The Morgan fingerprint density at radius 3 is 2.47 bits per heavy atom. The van der Waals surface area contributed by atoms with E-state index in [0.29, 0.717) is 0 Å². The molecule has 0 aliphatic carbocycles. The number of benzene rings is 1. The first kappa shape index (κ1) is 10.2. The molecule has 0 amide bonds. The molecule has 3 aromatic rings. The summed E-state index contributed by atoms with van der Waals surface area (Å²) in [4.78, 5) is 12.5. The molecule has 2 heterocycles. The van der Waals surface area contributed by atoms with Gasteiger partial charge in [-0.05, 0) is 29.8 Å². The third-order valence-corrected chi connectivity index (χ3v) is 2.70. The van der Waals surface area contributed by atoms with E-state index in [1.54, 1.807) is 12.4 Å². The molecule has 0 atom stereocenters. The van der Waals surface area contributed by atoms with Gasteiger partial charge in [-0.15, -0.1) is 0 Å². The maximum absolute atomic E-state index is 5.94. The van der Waals surface area contributed by atoms with Gasteiger partial charge in [0, 0.05) is 23.3 Å². The quantitative estimate of drug-likeness (QED) is 0.614. The molecule has 0 saturated heterocycles. The highest BCUT2D eigenvalue weighted by Crippen LogP contribution is 2.26. The smallest absolute Gasteiger partial charge is 0.223 e. The molecule has 3 rings (SSSR count). The third-order valence-electron chi connectivity index (χ3n) is 2.53. The Bertz CT molecular complexity index is 668. The third kappa shape index (κ3) is 1.85. The number of para-hydroxylation sites is 1. The van der Waals surface area contributed by atoms with Gasteiger partial charge < -0.3 is 0 Å². The maximum atomic E-state index is 5.94. The van der Waals surface area contributed by atoms with Crippen LogP contribution in [0.2, 0.25) is 5.28 Å². The van der Waals surface area contributed by atoms with Gasteiger partial charge in [0.15, 0.2) is 0 Å². The molecule has 0 saturated carbocycles. The number of aromatic nitrogens is 3. The average Bonchev–Trinajstić information content (AvgIpc) is 2.39. The van der Waals surface area contributed by atoms with Crippen LogP contribution in [0.5, 0.6) is 0 Å². The predicted octanol–water partition coefficient (Wildman–Crippen LogP) is 3.35. The molecule has 0 aliphatic heterocycles. The van der Waals surface area contributed by atoms with Crippen molar-refractivity contribution in [2.24, 2.45) is 0 Å². The van der Waals surface area contributed by atoms with Gasteiger partial charge in [0.2, 0.25) is 5.28 Å². The van der Waals surface area contributed by atoms with E-state index >= 15 is 0 Å². The summed E-state index contributed by atoms with van der Waals surface area (Å²) in [5, 5.41) is 1.25. The van der Waals surface area contributed by atoms with Crippen LogP contribution in [0, 0.1) is 0 Å². The van der Waals surface area contributed by atoms with Gasteiger partial charge in [-0.3, -0.25) is 4.98 Å². The van der Waals surface area contributed by atoms with Crippen LogP contribution in [0.4, 0.5) is 0 Å². The zero-order valence-electron chi connectivity index (χ0n) is 8.84. The van der Waals surface area contributed by atoms with Crippen LogP contribution in [0.1, 0.15) is 0 Å². The largest absolute Gasteiger partial charge is 0.265 e. The number of hydrogen-bond acceptors (Lipinski definition) is 3. The van der Waals surface area contributed by atoms with Crippen molar-refractivity contribution in [1.29, 1.82) is 0 Å². The minimum atomic E-state index is 0.260. The number of nitrogens with zero attached hydrogens (tertiary/aromatic N) is 3. The van der Waals surface area contributed by atoms with E-state index < -0.39 is 0 Å². The zero-order valence-corrected chi connectivity index (χ0v) is 9.59. The first-order chi connectivity index (χ1) is 8.34. The number of halogens is 1. The van der Waals surface area contributed by atoms with Crippen molar-refractivity contribution in [2.75, 3.05) is 0 Å². The molecule has 0 fully saturated rings. The maximum Gasteiger partial charge on any atom is 0.223 e. The van der Waals surface area contributed by atoms with Crippen LogP contribution in [0.3, 0.4) is 0 Å². The van der Waals surface area contributed by atoms with E-state index in [0.717, 1.165) is 22.2 Å². The van der Waals surface area contributed by atoms with Crippen molar-refractivity contribution in [1.82, 2.24) is 15.0 Å². The summed E-state index contributed by atoms with van der Waals surface area (Å²) in [6.07, 6.45) is 3.47. The van der Waals surface area contributed by atoms with Gasteiger partial charge in [0.05, 0.1) is 11.2 Å². The molecule has 82 valence electrons. The Morgan fingerprint density at radius 1 is 0.882 bits per heavy atom. The summed E-state index contributed by atoms with van der Waals surface area (Å²) in [5.41, 5.74) is 2.67. The summed E-state index contributed by atoms with van der Waals surface area (Å²) in [7, 11) is 0. The van der Waals surface area contributed by atoms with E-state index in [1.165, 1.54) is 0 Å². The molecule has 4 heteroatoms. The summed E-state index contributed by atoms with van der Waals surface area (Å²) in [6, 6.07) is 11.6. The Morgan fingerprint density at radius 2 is 1.65 bits per heavy atom. The Kier molecular flexibility index (Phi) is 2.46. The van der Waals surface area contributed by atoms with Gasteiger partial charge in [-0.25, -0.2) is 9.97 Å². The minimum absolute atomic E-state index is 0.260. The highest BCUT2D eigenvalue weighted by atomic mass is 35.5. The molecule has 2 aromatic heterocycles. The van der Waals surface area contributed by atoms with E-state index in [4.69, 9.17) is 11.6 Å². The van der Waals surface area contributed by atoms with Crippen LogP contribution < -0.4 is 0 Å². The molecule has 0 aliphatic rings. The van der Waals surface area contributed by atoms with Gasteiger partial charge in [-0.2, -0.15) is 0 Å². The molecule has 0 radical (unpaired) electrons. The summed E-state index contributed by atoms with van der Waals surface area (Å²) < 4.78 is 0. The normalized spacial score (nSPS) is 10.6. The summed E-state index contributed by atoms with van der Waals surface area (Å²) in [5.74, 6) is 0. The van der Waals surface area contributed by atoms with Gasteiger partial charge in [-0.1, -0.05) is 18.2 Å². The van der Waals surface area contributed by atoms with Crippen molar-refractivity contribution in [3.8, 4) is 11.3 Å². The topological polar surface area (TPSA) is 38.7 Å². The summed E-state index contributed by atoms with van der Waals surface area (Å²) >= 11 is 5.94. The fraction of sp³-hybridized carbons (Fsp3) is 0. The SMILES string of the molecule is Clc1nc(-c2ccncc2)c2ccccc2n1. The Balaban J connectivity index is 2.36. The van der Waals surface area contributed by atoms with Crippen molar-refractivity contribution in [3.05, 3.63) is 54.1 Å². The van der Waals surface area contributed by atoms with Crippen molar-refractivity contribution < 1.29 is 0 Å². The van der Waals surface area contributed by atoms with Crippen LogP contribution in [0.15, 0.2) is 48.8 Å². The highest BCUT2D eigenvalue weighted by Gasteiger charge is 2.07. The molecular formula is C13H8ClN3. The molecule has 0 spiro atoms. The predicted molar refractivity (Wildman–Crippen MR) is 67.8 cm³/mol. The first-order valence-electron chi connectivity index (χ1n) is 5.17. The van der Waals surface area contributed by atoms with E-state index in [-0.39, 0.29) is 5.28 Å².